The van der Waals surface area contributed by atoms with Gasteiger partial charge in [0, 0.05) is 5.03 Å². The van der Waals surface area contributed by atoms with E-state index < -0.39 is 12.0 Å². The lowest BCUT2D eigenvalue weighted by Crippen LogP contribution is -2.27. The van der Waals surface area contributed by atoms with Gasteiger partial charge in [0.2, 0.25) is 0 Å². The van der Waals surface area contributed by atoms with Crippen LogP contribution in [0.25, 0.3) is 0 Å². The summed E-state index contributed by atoms with van der Waals surface area (Å²) < 4.78 is 0. The van der Waals surface area contributed by atoms with E-state index in [9.17, 15) is 9.90 Å². The van der Waals surface area contributed by atoms with Gasteiger partial charge in [-0.05, 0) is 17.7 Å². The monoisotopic (exact) mass is 182 g/mol. The minimum absolute atomic E-state index is 0.0694. The van der Waals surface area contributed by atoms with Crippen LogP contribution in [0.1, 0.15) is 0 Å². The van der Waals surface area contributed by atoms with Crippen molar-refractivity contribution in [2.75, 3.05) is 0 Å². The number of fused-ring (bicyclic) bond motifs is 1. The highest BCUT2D eigenvalue weighted by atomic mass is 35.5. The number of hydrogen-bond donors (Lipinski definition) is 1. The number of rotatable bonds is 0. The van der Waals surface area contributed by atoms with Crippen LogP contribution in [0.2, 0.25) is 0 Å². The summed E-state index contributed by atoms with van der Waals surface area (Å²) in [6, 6.07) is 0. The second kappa shape index (κ2) is 2.57. The first kappa shape index (κ1) is 7.77. The van der Waals surface area contributed by atoms with E-state index in [1.807, 2.05) is 0 Å². The summed E-state index contributed by atoms with van der Waals surface area (Å²) >= 11 is 5.69. The van der Waals surface area contributed by atoms with Gasteiger partial charge in [-0.2, -0.15) is 0 Å². The van der Waals surface area contributed by atoms with Crippen LogP contribution in [0, 0.1) is 5.92 Å². The van der Waals surface area contributed by atoms with Crippen LogP contribution >= 0.6 is 11.6 Å². The molecule has 3 heteroatoms. The van der Waals surface area contributed by atoms with Gasteiger partial charge in [0.25, 0.3) is 0 Å². The minimum Gasteiger partial charge on any atom is -0.386 e. The third kappa shape index (κ3) is 0.958. The molecule has 62 valence electrons. The Labute approximate surface area is 74.8 Å². The van der Waals surface area contributed by atoms with Gasteiger partial charge in [-0.25, -0.2) is 0 Å². The third-order valence-corrected chi connectivity index (χ3v) is 2.49. The van der Waals surface area contributed by atoms with Crippen molar-refractivity contribution in [3.05, 3.63) is 34.9 Å². The van der Waals surface area contributed by atoms with E-state index in [1.165, 1.54) is 6.08 Å². The van der Waals surface area contributed by atoms with Crippen LogP contribution in [0.5, 0.6) is 0 Å². The van der Waals surface area contributed by atoms with Crippen LogP contribution in [0.15, 0.2) is 34.9 Å². The lowest BCUT2D eigenvalue weighted by Gasteiger charge is -2.20. The lowest BCUT2D eigenvalue weighted by molar-refractivity contribution is -0.118. The Morgan fingerprint density at radius 1 is 1.33 bits per heavy atom. The molecule has 0 aromatic heterocycles. The Bertz CT molecular complexity index is 325. The molecule has 0 aliphatic heterocycles. The molecule has 2 atom stereocenters. The topological polar surface area (TPSA) is 37.3 Å². The molecule has 0 saturated carbocycles. The van der Waals surface area contributed by atoms with Gasteiger partial charge in [0.15, 0.2) is 5.78 Å². The highest BCUT2D eigenvalue weighted by Gasteiger charge is 2.34. The molecular weight excluding hydrogens is 176 g/mol. The van der Waals surface area contributed by atoms with Gasteiger partial charge in [-0.15, -0.1) is 0 Å². The molecule has 2 aliphatic carbocycles. The Kier molecular flexibility index (Phi) is 1.67. The summed E-state index contributed by atoms with van der Waals surface area (Å²) in [5.74, 6) is -0.525. The van der Waals surface area contributed by atoms with Gasteiger partial charge in [-0.3, -0.25) is 4.79 Å². The molecule has 0 amide bonds. The molecule has 2 aliphatic rings. The van der Waals surface area contributed by atoms with Gasteiger partial charge in [0.1, 0.15) is 6.10 Å². The zero-order valence-corrected chi connectivity index (χ0v) is 6.95. The fraction of sp³-hybridized carbons (Fsp3) is 0.222. The van der Waals surface area contributed by atoms with Crippen molar-refractivity contribution in [2.24, 2.45) is 5.92 Å². The molecular formula is C9H7ClO2. The lowest BCUT2D eigenvalue weighted by atomic mass is 9.90. The predicted molar refractivity (Wildman–Crippen MR) is 45.7 cm³/mol. The molecule has 2 nitrogen and oxygen atoms in total. The highest BCUT2D eigenvalue weighted by Crippen LogP contribution is 2.33. The van der Waals surface area contributed by atoms with E-state index in [4.69, 9.17) is 11.6 Å². The SMILES string of the molecule is O=C1C=CC2=CC=C(Cl)C(O)C12. The Morgan fingerprint density at radius 2 is 2.08 bits per heavy atom. The summed E-state index contributed by atoms with van der Waals surface area (Å²) in [5, 5.41) is 9.85. The largest absolute Gasteiger partial charge is 0.386 e. The van der Waals surface area contributed by atoms with Crippen molar-refractivity contribution in [3.8, 4) is 0 Å². The van der Waals surface area contributed by atoms with Crippen molar-refractivity contribution in [1.29, 1.82) is 0 Å². The second-order valence-electron chi connectivity index (χ2n) is 2.88. The van der Waals surface area contributed by atoms with Gasteiger partial charge >= 0.3 is 0 Å². The molecule has 2 unspecified atom stereocenters. The maximum absolute atomic E-state index is 11.2. The quantitative estimate of drug-likeness (QED) is 0.611. The van der Waals surface area contributed by atoms with E-state index in [1.54, 1.807) is 18.2 Å². The summed E-state index contributed by atoms with van der Waals surface area (Å²) in [6.07, 6.45) is 5.73. The van der Waals surface area contributed by atoms with Crippen LogP contribution < -0.4 is 0 Å². The number of aliphatic hydroxyl groups is 1. The van der Waals surface area contributed by atoms with E-state index in [0.717, 1.165) is 5.57 Å². The van der Waals surface area contributed by atoms with Crippen molar-refractivity contribution in [2.45, 2.75) is 6.10 Å². The Hall–Kier alpha value is -0.860. The Balaban J connectivity index is 2.43. The molecule has 0 radical (unpaired) electrons. The normalized spacial score (nSPS) is 33.0. The summed E-state index contributed by atoms with van der Waals surface area (Å²) in [5.41, 5.74) is 0.844. The number of carbonyl (C=O) groups excluding carboxylic acids is 1. The molecule has 0 bridgehead atoms. The van der Waals surface area contributed by atoms with E-state index in [0.29, 0.717) is 5.03 Å². The molecule has 0 aromatic carbocycles. The predicted octanol–water partition coefficient (Wildman–Crippen LogP) is 1.17. The third-order valence-electron chi connectivity index (χ3n) is 2.14. The van der Waals surface area contributed by atoms with Crippen LogP contribution in [-0.2, 0) is 4.79 Å². The van der Waals surface area contributed by atoms with E-state index in [-0.39, 0.29) is 5.78 Å². The van der Waals surface area contributed by atoms with Gasteiger partial charge < -0.3 is 5.11 Å². The fourth-order valence-corrected chi connectivity index (χ4v) is 1.67. The molecule has 2 rings (SSSR count). The molecule has 0 saturated heterocycles. The van der Waals surface area contributed by atoms with Crippen LogP contribution in [0.4, 0.5) is 0 Å². The van der Waals surface area contributed by atoms with Crippen LogP contribution in [-0.4, -0.2) is 17.0 Å². The van der Waals surface area contributed by atoms with Gasteiger partial charge in [0.05, 0.1) is 5.92 Å². The van der Waals surface area contributed by atoms with Crippen molar-refractivity contribution >= 4 is 17.4 Å². The molecule has 0 fully saturated rings. The summed E-state index contributed by atoms with van der Waals surface area (Å²) in [6.45, 7) is 0. The first-order valence-electron chi connectivity index (χ1n) is 3.67. The molecule has 0 spiro atoms. The molecule has 12 heavy (non-hydrogen) atoms. The Morgan fingerprint density at radius 3 is 2.83 bits per heavy atom. The van der Waals surface area contributed by atoms with Crippen molar-refractivity contribution in [1.82, 2.24) is 0 Å². The highest BCUT2D eigenvalue weighted by molar-refractivity contribution is 6.30. The summed E-state index contributed by atoms with van der Waals surface area (Å²) in [7, 11) is 0. The number of hydrogen-bond acceptors (Lipinski definition) is 2. The number of halogens is 1. The summed E-state index contributed by atoms with van der Waals surface area (Å²) in [4.78, 5) is 11.2. The standard InChI is InChI=1S/C9H7ClO2/c10-6-3-1-5-2-4-7(11)8(5)9(6)12/h1-4,8-9,12H. The molecule has 0 aromatic rings. The number of carbonyl (C=O) groups is 1. The zero-order chi connectivity index (χ0) is 8.72. The smallest absolute Gasteiger partial charge is 0.166 e. The molecule has 0 heterocycles. The van der Waals surface area contributed by atoms with Crippen LogP contribution in [0.3, 0.4) is 0 Å². The number of aliphatic hydroxyl groups excluding tert-OH is 1. The van der Waals surface area contributed by atoms with Crippen molar-refractivity contribution < 1.29 is 9.90 Å². The maximum atomic E-state index is 11.2. The number of allylic oxidation sites excluding steroid dienone is 4. The molecule has 1 N–H and O–H groups in total. The number of ketones is 1. The van der Waals surface area contributed by atoms with E-state index >= 15 is 0 Å². The van der Waals surface area contributed by atoms with Gasteiger partial charge in [-0.1, -0.05) is 23.8 Å². The van der Waals surface area contributed by atoms with E-state index in [2.05, 4.69) is 0 Å². The average molecular weight is 183 g/mol. The average Bonchev–Trinajstić information content (AvgIpc) is 2.41. The zero-order valence-electron chi connectivity index (χ0n) is 6.20. The second-order valence-corrected chi connectivity index (χ2v) is 3.31. The minimum atomic E-state index is -0.853. The maximum Gasteiger partial charge on any atom is 0.166 e. The first-order valence-corrected chi connectivity index (χ1v) is 4.05. The van der Waals surface area contributed by atoms with Crippen molar-refractivity contribution in [3.63, 3.8) is 0 Å². The first-order chi connectivity index (χ1) is 5.70. The fourth-order valence-electron chi connectivity index (χ4n) is 1.48.